The minimum absolute atomic E-state index is 0.0313. The summed E-state index contributed by atoms with van der Waals surface area (Å²) < 4.78 is 30.2. The van der Waals surface area contributed by atoms with Gasteiger partial charge in [0.15, 0.2) is 5.78 Å². The van der Waals surface area contributed by atoms with Crippen LogP contribution in [0, 0.1) is 22.7 Å². The molecule has 1 unspecified atom stereocenters. The van der Waals surface area contributed by atoms with Crippen LogP contribution in [0.5, 0.6) is 0 Å². The first-order valence-electron chi connectivity index (χ1n) is 22.1. The molecule has 2 saturated carbocycles. The van der Waals surface area contributed by atoms with Crippen LogP contribution < -0.4 is 5.32 Å². The summed E-state index contributed by atoms with van der Waals surface area (Å²) in [7, 11) is 0. The van der Waals surface area contributed by atoms with Crippen molar-refractivity contribution in [1.29, 1.82) is 0 Å². The number of nitrogens with zero attached hydrogens (tertiary/aromatic N) is 1. The monoisotopic (exact) mass is 874 g/mol. The fourth-order valence-corrected chi connectivity index (χ4v) is 10.7. The van der Waals surface area contributed by atoms with Gasteiger partial charge in [-0.3, -0.25) is 14.5 Å². The molecule has 5 aliphatic rings. The number of piperidine rings is 1. The Morgan fingerprint density at radius 3 is 2.17 bits per heavy atom. The van der Waals surface area contributed by atoms with Crippen LogP contribution in [0.3, 0.4) is 0 Å². The van der Waals surface area contributed by atoms with Crippen molar-refractivity contribution in [3.05, 3.63) is 82.9 Å². The highest BCUT2D eigenvalue weighted by Crippen LogP contribution is 2.62. The second-order valence-corrected chi connectivity index (χ2v) is 19.6. The van der Waals surface area contributed by atoms with Crippen LogP contribution in [0.15, 0.2) is 71.8 Å². The van der Waals surface area contributed by atoms with E-state index in [1.807, 2.05) is 4.90 Å². The predicted molar refractivity (Wildman–Crippen MR) is 227 cm³/mol. The van der Waals surface area contributed by atoms with Gasteiger partial charge in [-0.2, -0.15) is 0 Å². The summed E-state index contributed by atoms with van der Waals surface area (Å²) in [5.41, 5.74) is -5.49. The minimum atomic E-state index is -2.17. The van der Waals surface area contributed by atoms with Gasteiger partial charge in [-0.25, -0.2) is 14.4 Å². The van der Waals surface area contributed by atoms with E-state index in [0.29, 0.717) is 18.7 Å². The maximum absolute atomic E-state index is 14.9. The lowest BCUT2D eigenvalue weighted by molar-refractivity contribution is -0.277. The first-order chi connectivity index (χ1) is 29.7. The van der Waals surface area contributed by atoms with E-state index in [-0.39, 0.29) is 36.3 Å². The van der Waals surface area contributed by atoms with E-state index in [1.54, 1.807) is 109 Å². The number of aliphatic hydroxyl groups is 3. The molecule has 2 aromatic rings. The van der Waals surface area contributed by atoms with Crippen LogP contribution in [0.25, 0.3) is 0 Å². The van der Waals surface area contributed by atoms with Crippen LogP contribution in [0.4, 0.5) is 4.79 Å². The van der Waals surface area contributed by atoms with Crippen LogP contribution in [-0.4, -0.2) is 124 Å². The number of aliphatic hydroxyl groups excluding tert-OH is 2. The molecule has 4 N–H and O–H groups in total. The van der Waals surface area contributed by atoms with Gasteiger partial charge in [-0.05, 0) is 89.4 Å². The van der Waals surface area contributed by atoms with Crippen LogP contribution in [0.1, 0.15) is 103 Å². The molecule has 1 amide bonds. The largest absolute Gasteiger partial charge is 0.455 e. The number of ketones is 1. The number of esters is 3. The molecule has 0 spiro atoms. The van der Waals surface area contributed by atoms with Crippen molar-refractivity contribution < 1.29 is 63.0 Å². The Morgan fingerprint density at radius 2 is 1.57 bits per heavy atom. The molecule has 0 radical (unpaired) electrons. The Balaban J connectivity index is 1.32. The van der Waals surface area contributed by atoms with Crippen LogP contribution in [0.2, 0.25) is 0 Å². The molecule has 4 fully saturated rings. The first-order valence-corrected chi connectivity index (χ1v) is 22.1. The topological polar surface area (TPSA) is 207 Å². The minimum Gasteiger partial charge on any atom is -0.455 e. The Labute approximate surface area is 368 Å². The van der Waals surface area contributed by atoms with Crippen molar-refractivity contribution in [1.82, 2.24) is 10.2 Å². The maximum atomic E-state index is 14.9. The maximum Gasteiger partial charge on any atom is 0.408 e. The zero-order chi connectivity index (χ0) is 45.6. The number of benzene rings is 2. The number of hydrogen-bond acceptors (Lipinski definition) is 14. The van der Waals surface area contributed by atoms with Crippen LogP contribution >= 0.6 is 0 Å². The summed E-state index contributed by atoms with van der Waals surface area (Å²) in [6, 6.07) is 15.3. The third kappa shape index (κ3) is 8.79. The van der Waals surface area contributed by atoms with E-state index in [9.17, 15) is 39.3 Å². The molecule has 2 aliphatic heterocycles. The molecule has 3 aliphatic carbocycles. The normalized spacial score (nSPS) is 32.5. The number of alkyl carbamates (subject to hydrolysis) is 1. The third-order valence-corrected chi connectivity index (χ3v) is 14.2. The van der Waals surface area contributed by atoms with Crippen molar-refractivity contribution >= 4 is 29.8 Å². The fourth-order valence-electron chi connectivity index (χ4n) is 10.7. The summed E-state index contributed by atoms with van der Waals surface area (Å²) in [5, 5.41) is 40.3. The number of hydrogen-bond donors (Lipinski definition) is 4. The molecule has 63 heavy (non-hydrogen) atoms. The SMILES string of the molecule is CC1=C2[C@@H](O)C(=O)[C@@]3(C)C([C@@H]4CO[C@@H]4C[C@@H]3O)[C@H](OC(=O)c3ccccc3)[C@](O)(C[C@@H]1OC(=O)[C@H](OC(=O)CN1CCCCC1)[C@@H](NC(=O)OC(C)(C)C)c1ccccc1)C2(C)C. The first kappa shape index (κ1) is 46.3. The number of amides is 1. The highest BCUT2D eigenvalue weighted by molar-refractivity contribution is 5.94. The summed E-state index contributed by atoms with van der Waals surface area (Å²) in [6.07, 6.45) is -6.84. The smallest absolute Gasteiger partial charge is 0.408 e. The molecule has 2 heterocycles. The molecular formula is C48H62N2O13. The van der Waals surface area contributed by atoms with Crippen molar-refractivity contribution in [3.63, 3.8) is 0 Å². The Morgan fingerprint density at radius 1 is 0.937 bits per heavy atom. The number of rotatable bonds is 10. The van der Waals surface area contributed by atoms with E-state index < -0.39 is 113 Å². The van der Waals surface area contributed by atoms with Gasteiger partial charge < -0.3 is 44.3 Å². The van der Waals surface area contributed by atoms with Gasteiger partial charge in [0.25, 0.3) is 0 Å². The third-order valence-electron chi connectivity index (χ3n) is 14.2. The van der Waals surface area contributed by atoms with Gasteiger partial charge in [-0.15, -0.1) is 0 Å². The number of Topliss-reactive ketones (excluding diaryl/α,β-unsaturated/α-hetero) is 1. The molecule has 2 aromatic carbocycles. The molecule has 342 valence electrons. The lowest BCUT2D eigenvalue weighted by Crippen LogP contribution is -2.75. The molecule has 15 nitrogen and oxygen atoms in total. The Bertz CT molecular complexity index is 2080. The van der Waals surface area contributed by atoms with Gasteiger partial charge in [0.2, 0.25) is 6.10 Å². The lowest BCUT2D eigenvalue weighted by atomic mass is 9.46. The average Bonchev–Trinajstić information content (AvgIpc) is 3.22. The summed E-state index contributed by atoms with van der Waals surface area (Å²) in [6.45, 7) is 12.8. The van der Waals surface area contributed by atoms with Gasteiger partial charge in [-0.1, -0.05) is 68.8 Å². The number of ether oxygens (including phenoxy) is 5. The zero-order valence-electron chi connectivity index (χ0n) is 37.2. The highest BCUT2D eigenvalue weighted by atomic mass is 16.6. The molecule has 2 bridgehead atoms. The molecule has 11 atom stereocenters. The van der Waals surface area contributed by atoms with Crippen molar-refractivity contribution in [2.75, 3.05) is 26.2 Å². The number of likely N-dealkylation sites (tertiary alicyclic amines) is 1. The van der Waals surface area contributed by atoms with E-state index in [1.165, 1.54) is 0 Å². The summed E-state index contributed by atoms with van der Waals surface area (Å²) in [5.74, 6) is -4.89. The van der Waals surface area contributed by atoms with E-state index >= 15 is 0 Å². The summed E-state index contributed by atoms with van der Waals surface area (Å²) in [4.78, 5) is 73.2. The van der Waals surface area contributed by atoms with E-state index in [2.05, 4.69) is 5.32 Å². The standard InChI is InChI=1S/C48H62N2O13/c1-27-32(60-43(56)39(61-34(52)25-50-21-15-10-16-22-50)37(28-17-11-8-12-18-28)49-44(57)63-45(2,3)4)24-48(58)41(62-42(55)29-19-13-9-14-20-29)36-30-26-59-31(30)23-33(51)47(36,7)40(54)38(53)35(27)46(48,5)6/h8-9,11-14,17-20,30-33,36-39,41,51,53,58H,10,15-16,21-26H2,1-7H3,(H,49,57)/t30-,31-,32+,33+,36?,37+,38-,39-,41+,47-,48-/m1/s1. The molecule has 0 aromatic heterocycles. The second-order valence-electron chi connectivity index (χ2n) is 19.6. The molecule has 2 saturated heterocycles. The second kappa shape index (κ2) is 17.7. The molecule has 7 rings (SSSR count). The van der Waals surface area contributed by atoms with Crippen LogP contribution in [-0.2, 0) is 38.1 Å². The van der Waals surface area contributed by atoms with Gasteiger partial charge in [0.05, 0.1) is 36.3 Å². The molecule has 15 heteroatoms. The fraction of sp³-hybridized carbons (Fsp3) is 0.604. The van der Waals surface area contributed by atoms with Crippen molar-refractivity contribution in [2.45, 2.75) is 134 Å². The Kier molecular flexibility index (Phi) is 13.0. The zero-order valence-corrected chi connectivity index (χ0v) is 37.2. The van der Waals surface area contributed by atoms with E-state index in [4.69, 9.17) is 23.7 Å². The predicted octanol–water partition coefficient (Wildman–Crippen LogP) is 4.61. The Hall–Kier alpha value is -4.67. The lowest BCUT2D eigenvalue weighted by Gasteiger charge is -2.64. The number of carbonyl (C=O) groups is 5. The number of carbonyl (C=O) groups excluding carboxylic acids is 5. The average molecular weight is 875 g/mol. The van der Waals surface area contributed by atoms with Crippen molar-refractivity contribution in [2.24, 2.45) is 22.7 Å². The highest BCUT2D eigenvalue weighted by Gasteiger charge is 2.72. The van der Waals surface area contributed by atoms with Gasteiger partial charge in [0.1, 0.15) is 35.6 Å². The van der Waals surface area contributed by atoms with E-state index in [0.717, 1.165) is 19.3 Å². The number of nitrogens with one attached hydrogen (secondary N) is 1. The quantitative estimate of drug-likeness (QED) is 0.146. The van der Waals surface area contributed by atoms with Gasteiger partial charge in [0, 0.05) is 30.1 Å². The summed E-state index contributed by atoms with van der Waals surface area (Å²) >= 11 is 0. The van der Waals surface area contributed by atoms with Gasteiger partial charge >= 0.3 is 24.0 Å². The molecular weight excluding hydrogens is 813 g/mol. The van der Waals surface area contributed by atoms with Crippen molar-refractivity contribution in [3.8, 4) is 0 Å². The number of fused-ring (bicyclic) bond motifs is 5.